The lowest BCUT2D eigenvalue weighted by molar-refractivity contribution is -0.117. The molecule has 14 heavy (non-hydrogen) atoms. The fraction of sp³-hybridized carbons (Fsp3) is 0.615. The van der Waals surface area contributed by atoms with Gasteiger partial charge in [-0.25, -0.2) is 0 Å². The summed E-state index contributed by atoms with van der Waals surface area (Å²) < 4.78 is 0. The average molecular weight is 194 g/mol. The van der Waals surface area contributed by atoms with Crippen LogP contribution in [0.1, 0.15) is 47.0 Å². The quantitative estimate of drug-likeness (QED) is 0.586. The predicted octanol–water partition coefficient (Wildman–Crippen LogP) is 3.90. The van der Waals surface area contributed by atoms with Gasteiger partial charge in [-0.15, -0.1) is 0 Å². The molecule has 0 saturated carbocycles. The van der Waals surface area contributed by atoms with Gasteiger partial charge in [0.2, 0.25) is 0 Å². The number of carbonyl (C=O) groups is 1. The summed E-state index contributed by atoms with van der Waals surface area (Å²) in [7, 11) is 0. The van der Waals surface area contributed by atoms with Crippen molar-refractivity contribution in [3.05, 3.63) is 23.8 Å². The molecule has 0 aliphatic heterocycles. The summed E-state index contributed by atoms with van der Waals surface area (Å²) in [5, 5.41) is 0. The first-order valence-electron chi connectivity index (χ1n) is 5.23. The molecule has 0 radical (unpaired) electrons. The van der Waals surface area contributed by atoms with Gasteiger partial charge in [0, 0.05) is 6.42 Å². The second-order valence-electron chi connectivity index (χ2n) is 4.29. The zero-order valence-electron chi connectivity index (χ0n) is 9.89. The second-order valence-corrected chi connectivity index (χ2v) is 4.29. The summed E-state index contributed by atoms with van der Waals surface area (Å²) in [5.74, 6) is 0.724. The minimum absolute atomic E-state index is 0.280. The van der Waals surface area contributed by atoms with Crippen LogP contribution in [0.2, 0.25) is 0 Å². The smallest absolute Gasteiger partial charge is 0.129 e. The van der Waals surface area contributed by atoms with Crippen LogP contribution in [-0.4, -0.2) is 5.78 Å². The van der Waals surface area contributed by atoms with E-state index < -0.39 is 0 Å². The average Bonchev–Trinajstić information content (AvgIpc) is 2.00. The molecule has 0 amide bonds. The Labute approximate surface area is 87.9 Å². The first kappa shape index (κ1) is 13.2. The molecule has 0 spiro atoms. The van der Waals surface area contributed by atoms with Crippen molar-refractivity contribution in [1.82, 2.24) is 0 Å². The Morgan fingerprint density at radius 3 is 2.21 bits per heavy atom. The summed E-state index contributed by atoms with van der Waals surface area (Å²) in [4.78, 5) is 10.8. The third-order valence-electron chi connectivity index (χ3n) is 2.21. The maximum Gasteiger partial charge on any atom is 0.129 e. The van der Waals surface area contributed by atoms with Crippen LogP contribution in [0.15, 0.2) is 23.8 Å². The van der Waals surface area contributed by atoms with Gasteiger partial charge in [0.25, 0.3) is 0 Å². The first-order valence-corrected chi connectivity index (χ1v) is 5.23. The molecule has 0 aliphatic rings. The highest BCUT2D eigenvalue weighted by atomic mass is 16.1. The van der Waals surface area contributed by atoms with Crippen LogP contribution in [0.25, 0.3) is 0 Å². The zero-order valence-corrected chi connectivity index (χ0v) is 9.89. The van der Waals surface area contributed by atoms with E-state index in [-0.39, 0.29) is 5.78 Å². The monoisotopic (exact) mass is 194 g/mol. The van der Waals surface area contributed by atoms with Crippen molar-refractivity contribution >= 4 is 5.78 Å². The largest absolute Gasteiger partial charge is 0.300 e. The fourth-order valence-corrected chi connectivity index (χ4v) is 1.45. The Balaban J connectivity index is 4.05. The molecular formula is C13H22O. The van der Waals surface area contributed by atoms with Crippen molar-refractivity contribution in [2.75, 3.05) is 0 Å². The first-order chi connectivity index (χ1) is 6.43. The summed E-state index contributed by atoms with van der Waals surface area (Å²) in [6.07, 6.45) is 4.94. The van der Waals surface area contributed by atoms with E-state index in [0.29, 0.717) is 12.3 Å². The minimum Gasteiger partial charge on any atom is -0.300 e. The van der Waals surface area contributed by atoms with Crippen LogP contribution >= 0.6 is 0 Å². The van der Waals surface area contributed by atoms with Crippen LogP contribution in [0, 0.1) is 5.92 Å². The predicted molar refractivity (Wildman–Crippen MR) is 62.3 cm³/mol. The molecule has 80 valence electrons. The molecule has 0 fully saturated rings. The standard InChI is InChI=1S/C13H22O/c1-10(2)9-13(11(3)4)8-6-7-12(5)14/h9,13H,3,6-8H2,1-2,4-5H3. The van der Waals surface area contributed by atoms with Crippen molar-refractivity contribution in [3.8, 4) is 0 Å². The van der Waals surface area contributed by atoms with Crippen molar-refractivity contribution < 1.29 is 4.79 Å². The van der Waals surface area contributed by atoms with Gasteiger partial charge in [0.1, 0.15) is 5.78 Å². The molecule has 0 aromatic rings. The van der Waals surface area contributed by atoms with E-state index >= 15 is 0 Å². The van der Waals surface area contributed by atoms with Crippen molar-refractivity contribution in [1.29, 1.82) is 0 Å². The SMILES string of the molecule is C=C(C)C(C=C(C)C)CCCC(C)=O. The topological polar surface area (TPSA) is 17.1 Å². The highest BCUT2D eigenvalue weighted by Crippen LogP contribution is 2.19. The number of ketones is 1. The Hall–Kier alpha value is -0.850. The molecule has 0 aliphatic carbocycles. The van der Waals surface area contributed by atoms with Gasteiger partial charge < -0.3 is 4.79 Å². The van der Waals surface area contributed by atoms with Gasteiger partial charge in [-0.1, -0.05) is 23.8 Å². The molecule has 1 unspecified atom stereocenters. The Morgan fingerprint density at radius 1 is 1.29 bits per heavy atom. The number of allylic oxidation sites excluding steroid dienone is 3. The molecule has 1 nitrogen and oxygen atoms in total. The number of hydrogen-bond donors (Lipinski definition) is 0. The molecule has 0 N–H and O–H groups in total. The third kappa shape index (κ3) is 6.64. The van der Waals surface area contributed by atoms with Gasteiger partial charge in [0.05, 0.1) is 0 Å². The third-order valence-corrected chi connectivity index (χ3v) is 2.21. The van der Waals surface area contributed by atoms with E-state index in [1.807, 2.05) is 0 Å². The number of carbonyl (C=O) groups excluding carboxylic acids is 1. The fourth-order valence-electron chi connectivity index (χ4n) is 1.45. The van der Waals surface area contributed by atoms with Crippen LogP contribution < -0.4 is 0 Å². The summed E-state index contributed by atoms with van der Waals surface area (Å²) in [6.45, 7) is 11.9. The van der Waals surface area contributed by atoms with Crippen molar-refractivity contribution in [2.24, 2.45) is 5.92 Å². The maximum absolute atomic E-state index is 10.8. The van der Waals surface area contributed by atoms with Gasteiger partial charge in [0.15, 0.2) is 0 Å². The molecule has 0 rings (SSSR count). The van der Waals surface area contributed by atoms with E-state index in [1.165, 1.54) is 11.1 Å². The summed E-state index contributed by atoms with van der Waals surface area (Å²) >= 11 is 0. The maximum atomic E-state index is 10.8. The van der Waals surface area contributed by atoms with E-state index in [4.69, 9.17) is 0 Å². The van der Waals surface area contributed by atoms with Gasteiger partial charge in [-0.3, -0.25) is 0 Å². The number of rotatable bonds is 6. The van der Waals surface area contributed by atoms with Crippen LogP contribution in [0.5, 0.6) is 0 Å². The molecule has 0 aromatic heterocycles. The van der Waals surface area contributed by atoms with E-state index in [9.17, 15) is 4.79 Å². The molecule has 1 heteroatoms. The molecule has 0 saturated heterocycles. The van der Waals surface area contributed by atoms with Crippen LogP contribution in [-0.2, 0) is 4.79 Å². The van der Waals surface area contributed by atoms with Crippen molar-refractivity contribution in [2.45, 2.75) is 47.0 Å². The second kappa shape index (κ2) is 6.58. The molecular weight excluding hydrogens is 172 g/mol. The number of Topliss-reactive ketones (excluding diaryl/α,β-unsaturated/α-hetero) is 1. The Kier molecular flexibility index (Phi) is 6.18. The Morgan fingerprint density at radius 2 is 1.86 bits per heavy atom. The normalized spacial score (nSPS) is 12.0. The van der Waals surface area contributed by atoms with Gasteiger partial charge in [-0.2, -0.15) is 0 Å². The van der Waals surface area contributed by atoms with E-state index in [2.05, 4.69) is 33.4 Å². The zero-order chi connectivity index (χ0) is 11.1. The van der Waals surface area contributed by atoms with E-state index in [1.54, 1.807) is 6.92 Å². The molecule has 1 atom stereocenters. The molecule has 0 heterocycles. The summed E-state index contributed by atoms with van der Waals surface area (Å²) in [6, 6.07) is 0. The lowest BCUT2D eigenvalue weighted by atomic mass is 9.93. The number of hydrogen-bond acceptors (Lipinski definition) is 1. The Bertz CT molecular complexity index is 232. The van der Waals surface area contributed by atoms with E-state index in [0.717, 1.165) is 12.8 Å². The van der Waals surface area contributed by atoms with Gasteiger partial charge >= 0.3 is 0 Å². The minimum atomic E-state index is 0.280. The van der Waals surface area contributed by atoms with Crippen LogP contribution in [0.3, 0.4) is 0 Å². The lowest BCUT2D eigenvalue weighted by Gasteiger charge is -2.12. The molecule has 0 bridgehead atoms. The van der Waals surface area contributed by atoms with Gasteiger partial charge in [-0.05, 0) is 46.5 Å². The summed E-state index contributed by atoms with van der Waals surface area (Å²) in [5.41, 5.74) is 2.51. The van der Waals surface area contributed by atoms with Crippen molar-refractivity contribution in [3.63, 3.8) is 0 Å². The highest BCUT2D eigenvalue weighted by Gasteiger charge is 2.06. The highest BCUT2D eigenvalue weighted by molar-refractivity contribution is 5.75. The lowest BCUT2D eigenvalue weighted by Crippen LogP contribution is -2.00. The van der Waals surface area contributed by atoms with Crippen LogP contribution in [0.4, 0.5) is 0 Å². The molecule has 0 aromatic carbocycles.